The van der Waals surface area contributed by atoms with Crippen LogP contribution in [0.4, 0.5) is 5.69 Å². The fraction of sp³-hybridized carbons (Fsp3) is 0. The summed E-state index contributed by atoms with van der Waals surface area (Å²) < 4.78 is 1.17. The number of pyridine rings is 1. The van der Waals surface area contributed by atoms with E-state index < -0.39 is 5.91 Å². The van der Waals surface area contributed by atoms with Gasteiger partial charge in [0.1, 0.15) is 11.8 Å². The van der Waals surface area contributed by atoms with Crippen molar-refractivity contribution in [2.24, 2.45) is 0 Å². The molecule has 10 heteroatoms. The Morgan fingerprint density at radius 3 is 2.42 bits per heavy atom. The average molecular weight is 427 g/mol. The number of hydrogen-bond donors (Lipinski definition) is 1. The monoisotopic (exact) mass is 425 g/mol. The maximum Gasteiger partial charge on any atom is 0.274 e. The van der Waals surface area contributed by atoms with Gasteiger partial charge in [-0.05, 0) is 24.3 Å². The van der Waals surface area contributed by atoms with Crippen molar-refractivity contribution in [1.29, 1.82) is 5.26 Å². The fourth-order valence-corrected chi connectivity index (χ4v) is 3.24. The van der Waals surface area contributed by atoms with Crippen LogP contribution in [0.5, 0.6) is 0 Å². The zero-order chi connectivity index (χ0) is 18.8. The number of benzene rings is 1. The van der Waals surface area contributed by atoms with Crippen LogP contribution in [-0.4, -0.2) is 20.7 Å². The van der Waals surface area contributed by atoms with Gasteiger partial charge in [-0.15, -0.1) is 0 Å². The van der Waals surface area contributed by atoms with Gasteiger partial charge in [0, 0.05) is 17.3 Å². The molecule has 0 fully saturated rings. The molecule has 130 valence electrons. The second kappa shape index (κ2) is 7.52. The Morgan fingerprint density at radius 2 is 1.81 bits per heavy atom. The SMILES string of the molecule is N#Cc1cc(C(=O)Nc2c(Cl)cc(Cl)cc2Cl)n(-c2ncccc2Cl)n1. The van der Waals surface area contributed by atoms with Gasteiger partial charge in [0.2, 0.25) is 0 Å². The van der Waals surface area contributed by atoms with E-state index in [1.165, 1.54) is 29.1 Å². The molecule has 3 rings (SSSR count). The molecule has 2 heterocycles. The van der Waals surface area contributed by atoms with Crippen LogP contribution in [0, 0.1) is 11.3 Å². The highest BCUT2D eigenvalue weighted by Gasteiger charge is 2.21. The lowest BCUT2D eigenvalue weighted by Gasteiger charge is -2.11. The molecule has 0 spiro atoms. The van der Waals surface area contributed by atoms with Crippen LogP contribution in [0.3, 0.4) is 0 Å². The molecular formula is C16H7Cl4N5O. The zero-order valence-electron chi connectivity index (χ0n) is 12.7. The van der Waals surface area contributed by atoms with E-state index in [-0.39, 0.29) is 38.0 Å². The van der Waals surface area contributed by atoms with E-state index in [9.17, 15) is 4.79 Å². The maximum absolute atomic E-state index is 12.7. The number of hydrogen-bond acceptors (Lipinski definition) is 4. The normalized spacial score (nSPS) is 10.4. The second-order valence-corrected chi connectivity index (χ2v) is 6.60. The van der Waals surface area contributed by atoms with E-state index in [1.807, 2.05) is 6.07 Å². The van der Waals surface area contributed by atoms with E-state index in [0.717, 1.165) is 0 Å². The summed E-state index contributed by atoms with van der Waals surface area (Å²) in [6, 6.07) is 9.28. The number of rotatable bonds is 3. The van der Waals surface area contributed by atoms with Gasteiger partial charge in [0.25, 0.3) is 5.91 Å². The van der Waals surface area contributed by atoms with E-state index in [2.05, 4.69) is 15.4 Å². The number of nitrogens with zero attached hydrogens (tertiary/aromatic N) is 4. The third kappa shape index (κ3) is 3.62. The molecule has 6 nitrogen and oxygen atoms in total. The van der Waals surface area contributed by atoms with Crippen LogP contribution in [0.25, 0.3) is 5.82 Å². The third-order valence-electron chi connectivity index (χ3n) is 3.24. The number of halogens is 4. The first-order chi connectivity index (χ1) is 12.4. The Labute approximate surface area is 167 Å². The molecule has 1 aromatic carbocycles. The Morgan fingerprint density at radius 1 is 1.12 bits per heavy atom. The first-order valence-corrected chi connectivity index (χ1v) is 8.49. The van der Waals surface area contributed by atoms with E-state index in [1.54, 1.807) is 12.1 Å². The zero-order valence-corrected chi connectivity index (χ0v) is 15.7. The van der Waals surface area contributed by atoms with Gasteiger partial charge in [0.15, 0.2) is 11.5 Å². The minimum atomic E-state index is -0.605. The van der Waals surface area contributed by atoms with Crippen molar-refractivity contribution in [3.63, 3.8) is 0 Å². The summed E-state index contributed by atoms with van der Waals surface area (Å²) >= 11 is 24.2. The van der Waals surface area contributed by atoms with Crippen LogP contribution in [0.1, 0.15) is 16.2 Å². The molecule has 0 atom stereocenters. The summed E-state index contributed by atoms with van der Waals surface area (Å²) in [6.07, 6.45) is 1.49. The first kappa shape index (κ1) is 18.5. The lowest BCUT2D eigenvalue weighted by molar-refractivity contribution is 0.101. The number of amides is 1. The number of aromatic nitrogens is 3. The van der Waals surface area contributed by atoms with Crippen molar-refractivity contribution in [2.75, 3.05) is 5.32 Å². The summed E-state index contributed by atoms with van der Waals surface area (Å²) in [6.45, 7) is 0. The highest BCUT2D eigenvalue weighted by atomic mass is 35.5. The van der Waals surface area contributed by atoms with Gasteiger partial charge in [-0.3, -0.25) is 4.79 Å². The van der Waals surface area contributed by atoms with Crippen LogP contribution < -0.4 is 5.32 Å². The van der Waals surface area contributed by atoms with Crippen molar-refractivity contribution in [3.05, 3.63) is 68.0 Å². The highest BCUT2D eigenvalue weighted by Crippen LogP contribution is 2.34. The molecule has 0 unspecified atom stereocenters. The Bertz CT molecular complexity index is 1030. The van der Waals surface area contributed by atoms with E-state index in [0.29, 0.717) is 5.02 Å². The minimum Gasteiger partial charge on any atom is -0.318 e. The smallest absolute Gasteiger partial charge is 0.274 e. The van der Waals surface area contributed by atoms with Crippen molar-refractivity contribution in [2.45, 2.75) is 0 Å². The Balaban J connectivity index is 2.05. The molecule has 1 N–H and O–H groups in total. The summed E-state index contributed by atoms with van der Waals surface area (Å²) in [5.41, 5.74) is 0.232. The topological polar surface area (TPSA) is 83.6 Å². The number of nitrogens with one attached hydrogen (secondary N) is 1. The van der Waals surface area contributed by atoms with E-state index >= 15 is 0 Å². The predicted molar refractivity (Wildman–Crippen MR) is 101 cm³/mol. The fourth-order valence-electron chi connectivity index (χ4n) is 2.13. The lowest BCUT2D eigenvalue weighted by atomic mass is 10.3. The van der Waals surface area contributed by atoms with Crippen molar-refractivity contribution >= 4 is 58.0 Å². The molecule has 3 aromatic rings. The van der Waals surface area contributed by atoms with Crippen LogP contribution in [0.15, 0.2) is 36.5 Å². The van der Waals surface area contributed by atoms with Gasteiger partial charge in [0.05, 0.1) is 20.8 Å². The molecule has 26 heavy (non-hydrogen) atoms. The van der Waals surface area contributed by atoms with Gasteiger partial charge < -0.3 is 5.32 Å². The minimum absolute atomic E-state index is 0.0187. The van der Waals surface area contributed by atoms with Gasteiger partial charge in [-0.25, -0.2) is 9.67 Å². The summed E-state index contributed by atoms with van der Waals surface area (Å²) in [7, 11) is 0. The molecule has 0 aliphatic heterocycles. The molecule has 2 aromatic heterocycles. The van der Waals surface area contributed by atoms with Gasteiger partial charge >= 0.3 is 0 Å². The molecule has 0 bridgehead atoms. The molecule has 1 amide bonds. The number of carbonyl (C=O) groups excluding carboxylic acids is 1. The quantitative estimate of drug-likeness (QED) is 0.638. The van der Waals surface area contributed by atoms with Crippen molar-refractivity contribution in [3.8, 4) is 11.9 Å². The number of nitriles is 1. The van der Waals surface area contributed by atoms with Gasteiger partial charge in [-0.1, -0.05) is 46.4 Å². The molecule has 0 saturated carbocycles. The largest absolute Gasteiger partial charge is 0.318 e. The number of carbonyl (C=O) groups is 1. The summed E-state index contributed by atoms with van der Waals surface area (Å²) in [5, 5.41) is 16.7. The third-order valence-corrected chi connectivity index (χ3v) is 4.35. The average Bonchev–Trinajstić information content (AvgIpc) is 3.02. The van der Waals surface area contributed by atoms with Crippen LogP contribution in [0.2, 0.25) is 20.1 Å². The van der Waals surface area contributed by atoms with E-state index in [4.69, 9.17) is 51.7 Å². The van der Waals surface area contributed by atoms with Crippen LogP contribution >= 0.6 is 46.4 Å². The molecule has 0 aliphatic carbocycles. The summed E-state index contributed by atoms with van der Waals surface area (Å²) in [5.74, 6) is -0.402. The first-order valence-electron chi connectivity index (χ1n) is 6.97. The van der Waals surface area contributed by atoms with Gasteiger partial charge in [-0.2, -0.15) is 10.4 Å². The van der Waals surface area contributed by atoms with Crippen molar-refractivity contribution in [1.82, 2.24) is 14.8 Å². The Hall–Kier alpha value is -2.30. The Kier molecular flexibility index (Phi) is 5.35. The van der Waals surface area contributed by atoms with Crippen molar-refractivity contribution < 1.29 is 4.79 Å². The summed E-state index contributed by atoms with van der Waals surface area (Å²) in [4.78, 5) is 16.8. The standard InChI is InChI=1S/C16H7Cl4N5O/c17-8-4-11(19)14(12(20)5-8)23-16(26)13-6-9(7-21)24-25(13)15-10(18)2-1-3-22-15/h1-6H,(H,23,26). The molecule has 0 aliphatic rings. The highest BCUT2D eigenvalue weighted by molar-refractivity contribution is 6.42. The lowest BCUT2D eigenvalue weighted by Crippen LogP contribution is -2.18. The van der Waals surface area contributed by atoms with Crippen LogP contribution in [-0.2, 0) is 0 Å². The molecule has 0 saturated heterocycles. The maximum atomic E-state index is 12.7. The molecular weight excluding hydrogens is 420 g/mol. The number of anilines is 1. The molecule has 0 radical (unpaired) electrons. The second-order valence-electron chi connectivity index (χ2n) is 4.95. The predicted octanol–water partition coefficient (Wildman–Crippen LogP) is 5.00.